The summed E-state index contributed by atoms with van der Waals surface area (Å²) in [4.78, 5) is 8.34. The third-order valence-corrected chi connectivity index (χ3v) is 3.33. The van der Waals surface area contributed by atoms with Gasteiger partial charge in [0.15, 0.2) is 11.9 Å². The van der Waals surface area contributed by atoms with Crippen LogP contribution >= 0.6 is 0 Å². The molecule has 0 amide bonds. The lowest BCUT2D eigenvalue weighted by molar-refractivity contribution is 1.44. The minimum Gasteiger partial charge on any atom is -0.370 e. The minimum absolute atomic E-state index is 0.0186. The fourth-order valence-corrected chi connectivity index (χ4v) is 2.49. The summed E-state index contributed by atoms with van der Waals surface area (Å²) in [5.41, 5.74) is 23.4. The average Bonchev–Trinajstić information content (AvgIpc) is 2.45. The molecule has 0 bridgehead atoms. The molecule has 0 atom stereocenters. The summed E-state index contributed by atoms with van der Waals surface area (Å²) in [6.07, 6.45) is 0. The zero-order valence-electron chi connectivity index (χ0n) is 11.8. The molecule has 0 aliphatic carbocycles. The van der Waals surface area contributed by atoms with Crippen molar-refractivity contribution in [2.75, 3.05) is 0 Å². The summed E-state index contributed by atoms with van der Waals surface area (Å²) in [6, 6.07) is 15.6. The van der Waals surface area contributed by atoms with Crippen LogP contribution in [-0.2, 0) is 0 Å². The predicted molar refractivity (Wildman–Crippen MR) is 92.4 cm³/mol. The number of guanidine groups is 2. The summed E-state index contributed by atoms with van der Waals surface area (Å²) < 4.78 is 0. The fourth-order valence-electron chi connectivity index (χ4n) is 2.49. The Morgan fingerprint density at radius 3 is 1.50 bits per heavy atom. The van der Waals surface area contributed by atoms with E-state index in [1.807, 2.05) is 42.5 Å². The molecule has 0 spiro atoms. The SMILES string of the molecule is NC(N)=Nc1cccc2cc3cccc(N=C(N)N)c3cc12. The van der Waals surface area contributed by atoms with E-state index in [2.05, 4.69) is 16.1 Å². The van der Waals surface area contributed by atoms with Gasteiger partial charge in [-0.25, -0.2) is 9.98 Å². The maximum atomic E-state index is 5.50. The fraction of sp³-hybridized carbons (Fsp3) is 0. The minimum atomic E-state index is 0.0186. The molecule has 8 N–H and O–H groups in total. The van der Waals surface area contributed by atoms with Gasteiger partial charge in [-0.3, -0.25) is 0 Å². The van der Waals surface area contributed by atoms with Gasteiger partial charge in [0.05, 0.1) is 11.4 Å². The number of hydrogen-bond donors (Lipinski definition) is 4. The van der Waals surface area contributed by atoms with Gasteiger partial charge in [0.25, 0.3) is 0 Å². The van der Waals surface area contributed by atoms with Gasteiger partial charge in [0.1, 0.15) is 0 Å². The summed E-state index contributed by atoms with van der Waals surface area (Å²) >= 11 is 0. The third kappa shape index (κ3) is 2.49. The molecule has 3 aromatic carbocycles. The van der Waals surface area contributed by atoms with Gasteiger partial charge in [-0.2, -0.15) is 0 Å². The summed E-state index contributed by atoms with van der Waals surface area (Å²) in [7, 11) is 0. The molecule has 6 nitrogen and oxygen atoms in total. The Hall–Kier alpha value is -3.28. The zero-order chi connectivity index (χ0) is 15.7. The lowest BCUT2D eigenvalue weighted by Crippen LogP contribution is -2.21. The molecular weight excluding hydrogens is 276 g/mol. The van der Waals surface area contributed by atoms with Gasteiger partial charge in [0, 0.05) is 10.8 Å². The highest BCUT2D eigenvalue weighted by Gasteiger charge is 2.06. The first kappa shape index (κ1) is 13.7. The van der Waals surface area contributed by atoms with E-state index in [-0.39, 0.29) is 11.9 Å². The van der Waals surface area contributed by atoms with Crippen LogP contribution in [0.15, 0.2) is 58.5 Å². The molecule has 0 aromatic heterocycles. The Morgan fingerprint density at radius 2 is 1.09 bits per heavy atom. The van der Waals surface area contributed by atoms with Crippen LogP contribution in [0.25, 0.3) is 21.5 Å². The Labute approximate surface area is 127 Å². The average molecular weight is 292 g/mol. The number of nitrogens with zero attached hydrogens (tertiary/aromatic N) is 2. The number of benzene rings is 3. The van der Waals surface area contributed by atoms with Crippen LogP contribution in [0.4, 0.5) is 11.4 Å². The van der Waals surface area contributed by atoms with E-state index in [1.165, 1.54) is 0 Å². The van der Waals surface area contributed by atoms with Crippen molar-refractivity contribution >= 4 is 44.8 Å². The largest absolute Gasteiger partial charge is 0.370 e. The lowest BCUT2D eigenvalue weighted by atomic mass is 10.0. The Kier molecular flexibility index (Phi) is 3.27. The molecule has 0 aliphatic rings. The van der Waals surface area contributed by atoms with Crippen LogP contribution in [0.2, 0.25) is 0 Å². The van der Waals surface area contributed by atoms with Crippen LogP contribution in [0.5, 0.6) is 0 Å². The molecule has 110 valence electrons. The highest BCUT2D eigenvalue weighted by Crippen LogP contribution is 2.34. The maximum Gasteiger partial charge on any atom is 0.191 e. The van der Waals surface area contributed by atoms with E-state index < -0.39 is 0 Å². The predicted octanol–water partition coefficient (Wildman–Crippen LogP) is 1.80. The van der Waals surface area contributed by atoms with Crippen LogP contribution < -0.4 is 22.9 Å². The second-order valence-corrected chi connectivity index (χ2v) is 4.92. The summed E-state index contributed by atoms with van der Waals surface area (Å²) in [5, 5.41) is 3.94. The second kappa shape index (κ2) is 5.25. The first-order valence-corrected chi connectivity index (χ1v) is 6.69. The Bertz CT molecular complexity index is 845. The normalized spacial score (nSPS) is 10.5. The molecule has 0 aliphatic heterocycles. The van der Waals surface area contributed by atoms with Gasteiger partial charge < -0.3 is 22.9 Å². The third-order valence-electron chi connectivity index (χ3n) is 3.33. The van der Waals surface area contributed by atoms with E-state index >= 15 is 0 Å². The first-order valence-electron chi connectivity index (χ1n) is 6.69. The van der Waals surface area contributed by atoms with Crippen molar-refractivity contribution in [3.8, 4) is 0 Å². The molecule has 0 saturated carbocycles. The standard InChI is InChI=1S/C16H16N6/c17-15(18)21-13-5-1-3-9-7-10-4-2-6-14(22-16(19)20)12(10)8-11(9)13/h1-8H,(H4,17,18,21)(H4,19,20,22). The van der Waals surface area contributed by atoms with Gasteiger partial charge in [-0.15, -0.1) is 0 Å². The highest BCUT2D eigenvalue weighted by molar-refractivity contribution is 6.07. The Morgan fingerprint density at radius 1 is 0.636 bits per heavy atom. The second-order valence-electron chi connectivity index (χ2n) is 4.92. The molecular formula is C16H16N6. The maximum absolute atomic E-state index is 5.50. The van der Waals surface area contributed by atoms with Crippen molar-refractivity contribution in [1.29, 1.82) is 0 Å². The van der Waals surface area contributed by atoms with Crippen molar-refractivity contribution in [1.82, 2.24) is 0 Å². The molecule has 3 aromatic rings. The van der Waals surface area contributed by atoms with E-state index in [9.17, 15) is 0 Å². The first-order chi connectivity index (χ1) is 10.5. The number of aliphatic imine (C=N–C) groups is 2. The molecule has 0 fully saturated rings. The molecule has 3 rings (SSSR count). The van der Waals surface area contributed by atoms with Gasteiger partial charge in [-0.1, -0.05) is 24.3 Å². The number of hydrogen-bond acceptors (Lipinski definition) is 2. The van der Waals surface area contributed by atoms with Crippen LogP contribution in [0, 0.1) is 0 Å². The smallest absolute Gasteiger partial charge is 0.191 e. The zero-order valence-corrected chi connectivity index (χ0v) is 11.8. The Balaban J connectivity index is 2.39. The van der Waals surface area contributed by atoms with Gasteiger partial charge in [0.2, 0.25) is 0 Å². The van der Waals surface area contributed by atoms with Crippen LogP contribution in [-0.4, -0.2) is 11.9 Å². The van der Waals surface area contributed by atoms with Crippen molar-refractivity contribution < 1.29 is 0 Å². The lowest BCUT2D eigenvalue weighted by Gasteiger charge is -2.07. The number of rotatable bonds is 2. The van der Waals surface area contributed by atoms with E-state index in [0.717, 1.165) is 21.5 Å². The highest BCUT2D eigenvalue weighted by atomic mass is 15.0. The van der Waals surface area contributed by atoms with Gasteiger partial charge >= 0.3 is 0 Å². The molecule has 6 heteroatoms. The molecule has 22 heavy (non-hydrogen) atoms. The van der Waals surface area contributed by atoms with Crippen molar-refractivity contribution in [3.63, 3.8) is 0 Å². The topological polar surface area (TPSA) is 129 Å². The van der Waals surface area contributed by atoms with Gasteiger partial charge in [-0.05, 0) is 35.0 Å². The van der Waals surface area contributed by atoms with Crippen LogP contribution in [0.1, 0.15) is 0 Å². The van der Waals surface area contributed by atoms with Crippen molar-refractivity contribution in [3.05, 3.63) is 48.5 Å². The molecule has 0 radical (unpaired) electrons. The summed E-state index contributed by atoms with van der Waals surface area (Å²) in [5.74, 6) is 0.0372. The molecule has 0 saturated heterocycles. The van der Waals surface area contributed by atoms with Crippen LogP contribution in [0.3, 0.4) is 0 Å². The van der Waals surface area contributed by atoms with E-state index in [0.29, 0.717) is 11.4 Å². The number of fused-ring (bicyclic) bond motifs is 2. The van der Waals surface area contributed by atoms with Crippen molar-refractivity contribution in [2.24, 2.45) is 32.9 Å². The van der Waals surface area contributed by atoms with Crippen molar-refractivity contribution in [2.45, 2.75) is 0 Å². The van der Waals surface area contributed by atoms with E-state index in [4.69, 9.17) is 22.9 Å². The molecule has 0 heterocycles. The number of nitrogens with two attached hydrogens (primary N) is 4. The van der Waals surface area contributed by atoms with E-state index in [1.54, 1.807) is 0 Å². The quantitative estimate of drug-likeness (QED) is 0.326. The molecule has 0 unspecified atom stereocenters. The summed E-state index contributed by atoms with van der Waals surface area (Å²) in [6.45, 7) is 0. The monoisotopic (exact) mass is 292 g/mol.